The minimum atomic E-state index is -0.934. The second-order valence-electron chi connectivity index (χ2n) is 4.34. The Morgan fingerprint density at radius 1 is 1.29 bits per heavy atom. The highest BCUT2D eigenvalue weighted by Gasteiger charge is 2.16. The maximum Gasteiger partial charge on any atom is 0.319 e. The summed E-state index contributed by atoms with van der Waals surface area (Å²) < 4.78 is 10.2. The molecule has 1 rings (SSSR count). The number of anilines is 1. The molecule has 0 saturated heterocycles. The summed E-state index contributed by atoms with van der Waals surface area (Å²) >= 11 is 0. The lowest BCUT2D eigenvalue weighted by atomic mass is 10.1. The number of methoxy groups -OCH3 is 2. The van der Waals surface area contributed by atoms with Crippen LogP contribution in [0.3, 0.4) is 0 Å². The number of carboxylic acid groups (broad SMARTS) is 1. The van der Waals surface area contributed by atoms with Crippen molar-refractivity contribution in [3.8, 4) is 11.5 Å². The van der Waals surface area contributed by atoms with Gasteiger partial charge in [0.1, 0.15) is 11.5 Å². The monoisotopic (exact) mass is 296 g/mol. The number of carboxylic acids is 1. The Bertz CT molecular complexity index is 504. The molecule has 1 unspecified atom stereocenters. The topological polar surface area (TPSA) is 96.9 Å². The molecule has 0 aliphatic rings. The van der Waals surface area contributed by atoms with Gasteiger partial charge in [0.05, 0.1) is 25.8 Å². The molecule has 1 atom stereocenters. The Balaban J connectivity index is 2.67. The average molecular weight is 296 g/mol. The van der Waals surface area contributed by atoms with Gasteiger partial charge >= 0.3 is 12.0 Å². The van der Waals surface area contributed by atoms with Crippen molar-refractivity contribution >= 4 is 17.7 Å². The normalized spacial score (nSPS) is 11.4. The van der Waals surface area contributed by atoms with Crippen LogP contribution in [-0.2, 0) is 4.79 Å². The lowest BCUT2D eigenvalue weighted by Crippen LogP contribution is -2.35. The van der Waals surface area contributed by atoms with Crippen LogP contribution in [0.15, 0.2) is 18.2 Å². The van der Waals surface area contributed by atoms with Gasteiger partial charge in [0.2, 0.25) is 0 Å². The highest BCUT2D eigenvalue weighted by molar-refractivity contribution is 5.91. The number of nitrogens with one attached hydrogen (secondary N) is 2. The first-order chi connectivity index (χ1) is 10.0. The molecule has 21 heavy (non-hydrogen) atoms. The third-order valence-electron chi connectivity index (χ3n) is 3.01. The molecular weight excluding hydrogens is 276 g/mol. The lowest BCUT2D eigenvalue weighted by molar-refractivity contribution is -0.141. The SMILES string of the molecule is CCC(CNC(=O)Nc1cc(OC)ccc1OC)C(=O)O. The summed E-state index contributed by atoms with van der Waals surface area (Å²) in [6.45, 7) is 1.81. The number of carbonyl (C=O) groups excluding carboxylic acids is 1. The van der Waals surface area contributed by atoms with E-state index in [9.17, 15) is 9.59 Å². The van der Waals surface area contributed by atoms with E-state index >= 15 is 0 Å². The third-order valence-corrected chi connectivity index (χ3v) is 3.01. The second-order valence-corrected chi connectivity index (χ2v) is 4.34. The number of ether oxygens (including phenoxy) is 2. The van der Waals surface area contributed by atoms with E-state index in [-0.39, 0.29) is 6.54 Å². The van der Waals surface area contributed by atoms with Crippen LogP contribution < -0.4 is 20.1 Å². The molecule has 0 bridgehead atoms. The van der Waals surface area contributed by atoms with Crippen LogP contribution >= 0.6 is 0 Å². The number of hydrogen-bond donors (Lipinski definition) is 3. The lowest BCUT2D eigenvalue weighted by Gasteiger charge is -2.14. The Hall–Kier alpha value is -2.44. The molecule has 0 spiro atoms. The second kappa shape index (κ2) is 7.98. The molecule has 0 fully saturated rings. The van der Waals surface area contributed by atoms with Crippen molar-refractivity contribution in [2.45, 2.75) is 13.3 Å². The van der Waals surface area contributed by atoms with Crippen LogP contribution in [0.5, 0.6) is 11.5 Å². The molecule has 0 saturated carbocycles. The van der Waals surface area contributed by atoms with Gasteiger partial charge in [-0.2, -0.15) is 0 Å². The summed E-state index contributed by atoms with van der Waals surface area (Å²) in [4.78, 5) is 22.7. The van der Waals surface area contributed by atoms with Crippen molar-refractivity contribution in [3.63, 3.8) is 0 Å². The fourth-order valence-corrected chi connectivity index (χ4v) is 1.70. The zero-order chi connectivity index (χ0) is 15.8. The van der Waals surface area contributed by atoms with Crippen LogP contribution in [0, 0.1) is 5.92 Å². The van der Waals surface area contributed by atoms with Crippen molar-refractivity contribution in [1.29, 1.82) is 0 Å². The standard InChI is InChI=1S/C14H20N2O5/c1-4-9(13(17)18)8-15-14(19)16-11-7-10(20-2)5-6-12(11)21-3/h5-7,9H,4,8H2,1-3H3,(H,17,18)(H2,15,16,19). The first-order valence-electron chi connectivity index (χ1n) is 6.51. The predicted octanol–water partition coefficient (Wildman–Crippen LogP) is 1.94. The van der Waals surface area contributed by atoms with Gasteiger partial charge < -0.3 is 25.2 Å². The van der Waals surface area contributed by atoms with Gasteiger partial charge in [-0.3, -0.25) is 4.79 Å². The molecule has 116 valence electrons. The van der Waals surface area contributed by atoms with Crippen LogP contribution in [0.4, 0.5) is 10.5 Å². The molecule has 1 aromatic carbocycles. The van der Waals surface area contributed by atoms with E-state index in [1.807, 2.05) is 0 Å². The Kier molecular flexibility index (Phi) is 6.32. The number of carbonyl (C=O) groups is 2. The Morgan fingerprint density at radius 3 is 2.52 bits per heavy atom. The summed E-state index contributed by atoms with van der Waals surface area (Å²) in [7, 11) is 3.01. The van der Waals surface area contributed by atoms with Crippen molar-refractivity contribution < 1.29 is 24.2 Å². The molecule has 0 aliphatic heterocycles. The van der Waals surface area contributed by atoms with Crippen LogP contribution in [0.25, 0.3) is 0 Å². The van der Waals surface area contributed by atoms with Gasteiger partial charge in [-0.1, -0.05) is 6.92 Å². The first-order valence-corrected chi connectivity index (χ1v) is 6.51. The van der Waals surface area contributed by atoms with E-state index in [2.05, 4.69) is 10.6 Å². The quantitative estimate of drug-likeness (QED) is 0.714. The number of hydrogen-bond acceptors (Lipinski definition) is 4. The fourth-order valence-electron chi connectivity index (χ4n) is 1.70. The molecule has 7 heteroatoms. The summed E-state index contributed by atoms with van der Waals surface area (Å²) in [5.41, 5.74) is 0.442. The van der Waals surface area contributed by atoms with E-state index in [1.165, 1.54) is 14.2 Å². The van der Waals surface area contributed by atoms with Crippen LogP contribution in [0.1, 0.15) is 13.3 Å². The molecule has 0 radical (unpaired) electrons. The zero-order valence-electron chi connectivity index (χ0n) is 12.3. The highest BCUT2D eigenvalue weighted by Crippen LogP contribution is 2.28. The maximum atomic E-state index is 11.8. The van der Waals surface area contributed by atoms with Crippen molar-refractivity contribution in [1.82, 2.24) is 5.32 Å². The molecule has 2 amide bonds. The van der Waals surface area contributed by atoms with Gasteiger partial charge in [0.15, 0.2) is 0 Å². The number of rotatable bonds is 7. The van der Waals surface area contributed by atoms with E-state index in [0.717, 1.165) is 0 Å². The van der Waals surface area contributed by atoms with Crippen LogP contribution in [0.2, 0.25) is 0 Å². The van der Waals surface area contributed by atoms with Gasteiger partial charge in [-0.05, 0) is 18.6 Å². The smallest absolute Gasteiger partial charge is 0.319 e. The average Bonchev–Trinajstić information content (AvgIpc) is 2.47. The summed E-state index contributed by atoms with van der Waals surface area (Å²) in [5.74, 6) is -0.487. The van der Waals surface area contributed by atoms with E-state index in [4.69, 9.17) is 14.6 Å². The largest absolute Gasteiger partial charge is 0.497 e. The Morgan fingerprint density at radius 2 is 2.00 bits per heavy atom. The number of benzene rings is 1. The summed E-state index contributed by atoms with van der Waals surface area (Å²) in [5, 5.41) is 14.0. The molecule has 1 aromatic rings. The first kappa shape index (κ1) is 16.6. The van der Waals surface area contributed by atoms with E-state index in [0.29, 0.717) is 23.6 Å². The van der Waals surface area contributed by atoms with E-state index < -0.39 is 17.9 Å². The molecule has 3 N–H and O–H groups in total. The highest BCUT2D eigenvalue weighted by atomic mass is 16.5. The third kappa shape index (κ3) is 4.87. The minimum absolute atomic E-state index is 0.0595. The summed E-state index contributed by atoms with van der Waals surface area (Å²) in [6, 6.07) is 4.49. The van der Waals surface area contributed by atoms with Gasteiger partial charge in [0.25, 0.3) is 0 Å². The van der Waals surface area contributed by atoms with Crippen LogP contribution in [-0.4, -0.2) is 37.9 Å². The van der Waals surface area contributed by atoms with Gasteiger partial charge in [-0.15, -0.1) is 0 Å². The predicted molar refractivity (Wildman–Crippen MR) is 78.0 cm³/mol. The Labute approximate surface area is 123 Å². The van der Waals surface area contributed by atoms with Crippen molar-refractivity contribution in [2.24, 2.45) is 5.92 Å². The molecule has 0 heterocycles. The van der Waals surface area contributed by atoms with Gasteiger partial charge in [0, 0.05) is 12.6 Å². The molecule has 0 aliphatic carbocycles. The number of amides is 2. The minimum Gasteiger partial charge on any atom is -0.497 e. The van der Waals surface area contributed by atoms with Crippen molar-refractivity contribution in [3.05, 3.63) is 18.2 Å². The fraction of sp³-hybridized carbons (Fsp3) is 0.429. The van der Waals surface area contributed by atoms with Gasteiger partial charge in [-0.25, -0.2) is 4.79 Å². The van der Waals surface area contributed by atoms with Crippen molar-refractivity contribution in [2.75, 3.05) is 26.1 Å². The van der Waals surface area contributed by atoms with E-state index in [1.54, 1.807) is 25.1 Å². The molecule has 0 aromatic heterocycles. The molecular formula is C14H20N2O5. The zero-order valence-corrected chi connectivity index (χ0v) is 12.3. The maximum absolute atomic E-state index is 11.8. The molecule has 7 nitrogen and oxygen atoms in total. The number of aliphatic carboxylic acids is 1. The number of urea groups is 1. The summed E-state index contributed by atoms with van der Waals surface area (Å²) in [6.07, 6.45) is 0.443.